The fraction of sp³-hybridized carbons (Fsp3) is 0.526. The molecule has 0 aromatic heterocycles. The predicted molar refractivity (Wildman–Crippen MR) is 111 cm³/mol. The van der Waals surface area contributed by atoms with E-state index in [9.17, 15) is 9.59 Å². The van der Waals surface area contributed by atoms with E-state index in [-0.39, 0.29) is 12.0 Å². The second kappa shape index (κ2) is 11.4. The highest BCUT2D eigenvalue weighted by Gasteiger charge is 2.23. The number of carbonyl (C=O) groups is 2. The standard InChI is InChI=1S/C19H28ClN5O3/c1-3-28-19(27)25-13-11-24(12-14-25)18(21-2)22-10-4-5-17(26)23-16-8-6-15(20)7-9-16/h6-9H,3-5,10-14H2,1-2H3,(H,21,22)(H,23,26). The lowest BCUT2D eigenvalue weighted by Gasteiger charge is -2.35. The summed E-state index contributed by atoms with van der Waals surface area (Å²) >= 11 is 5.83. The van der Waals surface area contributed by atoms with Crippen molar-refractivity contribution < 1.29 is 14.3 Å². The molecule has 9 heteroatoms. The average Bonchev–Trinajstić information content (AvgIpc) is 2.70. The summed E-state index contributed by atoms with van der Waals surface area (Å²) in [5, 5.41) is 6.76. The molecule has 0 radical (unpaired) electrons. The van der Waals surface area contributed by atoms with Crippen LogP contribution < -0.4 is 10.6 Å². The van der Waals surface area contributed by atoms with Crippen molar-refractivity contribution in [3.8, 4) is 0 Å². The lowest BCUT2D eigenvalue weighted by Crippen LogP contribution is -2.54. The lowest BCUT2D eigenvalue weighted by molar-refractivity contribution is -0.116. The molecule has 1 saturated heterocycles. The molecule has 0 aliphatic carbocycles. The van der Waals surface area contributed by atoms with Gasteiger partial charge in [0.05, 0.1) is 6.61 Å². The van der Waals surface area contributed by atoms with Gasteiger partial charge >= 0.3 is 6.09 Å². The van der Waals surface area contributed by atoms with Gasteiger partial charge in [-0.25, -0.2) is 4.79 Å². The number of aliphatic imine (C=N–C) groups is 1. The van der Waals surface area contributed by atoms with Gasteiger partial charge in [-0.3, -0.25) is 9.79 Å². The largest absolute Gasteiger partial charge is 0.450 e. The van der Waals surface area contributed by atoms with Crippen molar-refractivity contribution >= 4 is 35.2 Å². The lowest BCUT2D eigenvalue weighted by atomic mass is 10.2. The molecule has 1 aromatic carbocycles. The molecule has 1 aromatic rings. The fourth-order valence-electron chi connectivity index (χ4n) is 2.85. The van der Waals surface area contributed by atoms with Gasteiger partial charge in [0.15, 0.2) is 5.96 Å². The number of hydrogen-bond acceptors (Lipinski definition) is 4. The van der Waals surface area contributed by atoms with E-state index in [1.54, 1.807) is 43.1 Å². The normalized spacial score (nSPS) is 14.6. The van der Waals surface area contributed by atoms with Gasteiger partial charge in [-0.1, -0.05) is 11.6 Å². The molecule has 2 N–H and O–H groups in total. The number of halogens is 1. The summed E-state index contributed by atoms with van der Waals surface area (Å²) in [5.41, 5.74) is 0.734. The maximum Gasteiger partial charge on any atom is 0.409 e. The van der Waals surface area contributed by atoms with Crippen LogP contribution in [0, 0.1) is 0 Å². The van der Waals surface area contributed by atoms with Gasteiger partial charge < -0.3 is 25.2 Å². The van der Waals surface area contributed by atoms with E-state index >= 15 is 0 Å². The van der Waals surface area contributed by atoms with E-state index in [2.05, 4.69) is 20.5 Å². The molecule has 1 heterocycles. The number of anilines is 1. The number of carbonyl (C=O) groups excluding carboxylic acids is 2. The summed E-state index contributed by atoms with van der Waals surface area (Å²) in [6.07, 6.45) is 0.821. The van der Waals surface area contributed by atoms with Crippen LogP contribution in [-0.2, 0) is 9.53 Å². The number of hydrogen-bond donors (Lipinski definition) is 2. The van der Waals surface area contributed by atoms with Gasteiger partial charge in [0, 0.05) is 56.9 Å². The van der Waals surface area contributed by atoms with Crippen molar-refractivity contribution in [2.24, 2.45) is 4.99 Å². The second-order valence-corrected chi connectivity index (χ2v) is 6.74. The zero-order chi connectivity index (χ0) is 20.4. The number of nitrogens with one attached hydrogen (secondary N) is 2. The zero-order valence-electron chi connectivity index (χ0n) is 16.4. The summed E-state index contributed by atoms with van der Waals surface area (Å²) < 4.78 is 5.03. The van der Waals surface area contributed by atoms with Crippen LogP contribution >= 0.6 is 11.6 Å². The second-order valence-electron chi connectivity index (χ2n) is 6.31. The van der Waals surface area contributed by atoms with E-state index in [0.717, 1.165) is 11.6 Å². The third-order valence-electron chi connectivity index (χ3n) is 4.31. The van der Waals surface area contributed by atoms with Crippen LogP contribution in [0.2, 0.25) is 5.02 Å². The monoisotopic (exact) mass is 409 g/mol. The van der Waals surface area contributed by atoms with Crippen molar-refractivity contribution in [1.29, 1.82) is 0 Å². The highest BCUT2D eigenvalue weighted by molar-refractivity contribution is 6.30. The third kappa shape index (κ3) is 6.92. The van der Waals surface area contributed by atoms with E-state index in [4.69, 9.17) is 16.3 Å². The zero-order valence-corrected chi connectivity index (χ0v) is 17.2. The molecular formula is C19H28ClN5O3. The molecule has 0 bridgehead atoms. The number of rotatable bonds is 6. The van der Waals surface area contributed by atoms with Gasteiger partial charge in [-0.2, -0.15) is 0 Å². The fourth-order valence-corrected chi connectivity index (χ4v) is 2.98. The Morgan fingerprint density at radius 2 is 1.79 bits per heavy atom. The third-order valence-corrected chi connectivity index (χ3v) is 4.56. The smallest absolute Gasteiger partial charge is 0.409 e. The van der Waals surface area contributed by atoms with Crippen LogP contribution in [0.15, 0.2) is 29.3 Å². The Kier molecular flexibility index (Phi) is 8.87. The first-order valence-electron chi connectivity index (χ1n) is 9.46. The van der Waals surface area contributed by atoms with Gasteiger partial charge in [-0.15, -0.1) is 0 Å². The first kappa shape index (κ1) is 21.8. The summed E-state index contributed by atoms with van der Waals surface area (Å²) in [5.74, 6) is 0.740. The van der Waals surface area contributed by atoms with Crippen LogP contribution in [0.25, 0.3) is 0 Å². The van der Waals surface area contributed by atoms with Crippen LogP contribution in [-0.4, -0.2) is 74.1 Å². The average molecular weight is 410 g/mol. The van der Waals surface area contributed by atoms with Crippen molar-refractivity contribution in [2.75, 3.05) is 51.7 Å². The van der Waals surface area contributed by atoms with Crippen molar-refractivity contribution in [2.45, 2.75) is 19.8 Å². The maximum absolute atomic E-state index is 12.0. The molecule has 28 heavy (non-hydrogen) atoms. The molecule has 0 unspecified atom stereocenters. The van der Waals surface area contributed by atoms with Crippen LogP contribution in [0.3, 0.4) is 0 Å². The Hall–Kier alpha value is -2.48. The number of ether oxygens (including phenoxy) is 1. The van der Waals surface area contributed by atoms with E-state index in [1.165, 1.54) is 0 Å². The first-order valence-corrected chi connectivity index (χ1v) is 9.84. The molecule has 2 rings (SSSR count). The van der Waals surface area contributed by atoms with Crippen molar-refractivity contribution in [3.05, 3.63) is 29.3 Å². The molecule has 1 aliphatic rings. The number of piperazine rings is 1. The molecule has 2 amide bonds. The van der Waals surface area contributed by atoms with E-state index in [1.807, 2.05) is 0 Å². The molecule has 8 nitrogen and oxygen atoms in total. The summed E-state index contributed by atoms with van der Waals surface area (Å²) in [4.78, 5) is 31.9. The highest BCUT2D eigenvalue weighted by Crippen LogP contribution is 2.13. The van der Waals surface area contributed by atoms with Crippen molar-refractivity contribution in [1.82, 2.24) is 15.1 Å². The Bertz CT molecular complexity index is 673. The number of amides is 2. The SMILES string of the molecule is CCOC(=O)N1CCN(C(=NC)NCCCC(=O)Nc2ccc(Cl)cc2)CC1. The maximum atomic E-state index is 12.0. The number of nitrogens with zero attached hydrogens (tertiary/aromatic N) is 3. The molecule has 0 saturated carbocycles. The van der Waals surface area contributed by atoms with E-state index < -0.39 is 0 Å². The Balaban J connectivity index is 1.66. The molecule has 0 atom stereocenters. The van der Waals surface area contributed by atoms with Gasteiger partial charge in [0.1, 0.15) is 0 Å². The molecular weight excluding hydrogens is 382 g/mol. The predicted octanol–water partition coefficient (Wildman–Crippen LogP) is 2.41. The Morgan fingerprint density at radius 3 is 2.39 bits per heavy atom. The number of benzene rings is 1. The summed E-state index contributed by atoms with van der Waals surface area (Å²) in [7, 11) is 1.73. The molecule has 1 aliphatic heterocycles. The van der Waals surface area contributed by atoms with Crippen LogP contribution in [0.4, 0.5) is 10.5 Å². The summed E-state index contributed by atoms with van der Waals surface area (Å²) in [6, 6.07) is 7.03. The topological polar surface area (TPSA) is 86.3 Å². The number of guanidine groups is 1. The Morgan fingerprint density at radius 1 is 1.14 bits per heavy atom. The van der Waals surface area contributed by atoms with Crippen molar-refractivity contribution in [3.63, 3.8) is 0 Å². The Labute approximate surface area is 170 Å². The van der Waals surface area contributed by atoms with Gasteiger partial charge in [0.25, 0.3) is 0 Å². The van der Waals surface area contributed by atoms with Gasteiger partial charge in [-0.05, 0) is 37.6 Å². The van der Waals surface area contributed by atoms with E-state index in [0.29, 0.717) is 57.2 Å². The highest BCUT2D eigenvalue weighted by atomic mass is 35.5. The molecule has 1 fully saturated rings. The minimum atomic E-state index is -0.267. The quantitative estimate of drug-likeness (QED) is 0.428. The summed E-state index contributed by atoms with van der Waals surface area (Å²) in [6.45, 7) is 5.40. The minimum absolute atomic E-state index is 0.0397. The van der Waals surface area contributed by atoms with Crippen LogP contribution in [0.1, 0.15) is 19.8 Å². The first-order chi connectivity index (χ1) is 13.5. The molecule has 0 spiro atoms. The van der Waals surface area contributed by atoms with Gasteiger partial charge in [0.2, 0.25) is 5.91 Å². The minimum Gasteiger partial charge on any atom is -0.450 e. The van der Waals surface area contributed by atoms with Crippen LogP contribution in [0.5, 0.6) is 0 Å². The molecule has 154 valence electrons.